The van der Waals surface area contributed by atoms with Crippen LogP contribution in [0.25, 0.3) is 0 Å². The molecule has 0 aliphatic carbocycles. The van der Waals surface area contributed by atoms with Crippen LogP contribution in [0.1, 0.15) is 72.6 Å². The third-order valence-corrected chi connectivity index (χ3v) is 21.5. The summed E-state index contributed by atoms with van der Waals surface area (Å²) >= 11 is 1.57. The number of unbranched alkanes of at least 4 members (excludes halogenated alkanes) is 3. The zero-order valence-corrected chi connectivity index (χ0v) is 18.2. The van der Waals surface area contributed by atoms with Crippen LogP contribution in [-0.4, -0.2) is 23.7 Å². The minimum atomic E-state index is -2.01. The molecule has 0 nitrogen and oxygen atoms in total. The average Bonchev–Trinajstić information content (AvgIpc) is 2.44. The number of alkyl halides is 1. The zero-order valence-electron chi connectivity index (χ0n) is 13.7. The van der Waals surface area contributed by atoms with Gasteiger partial charge in [0.25, 0.3) is 0 Å². The van der Waals surface area contributed by atoms with E-state index in [9.17, 15) is 0 Å². The molecule has 0 spiro atoms. The van der Waals surface area contributed by atoms with Gasteiger partial charge in [0.05, 0.1) is 0 Å². The van der Waals surface area contributed by atoms with Crippen molar-refractivity contribution in [2.75, 3.05) is 5.33 Å². The molecule has 0 aromatic heterocycles. The van der Waals surface area contributed by atoms with Gasteiger partial charge in [0.1, 0.15) is 0 Å². The van der Waals surface area contributed by atoms with E-state index in [4.69, 9.17) is 0 Å². The summed E-state index contributed by atoms with van der Waals surface area (Å²) < 4.78 is 6.70. The molecule has 0 aliphatic rings. The maximum absolute atomic E-state index is 3.58. The van der Waals surface area contributed by atoms with Gasteiger partial charge < -0.3 is 0 Å². The SMILES string of the molecule is CCC[CH2][Sn]([CH2]CCC)([CH2]CCC)/[C](C)=C/CCBr. The maximum atomic E-state index is 3.58. The number of rotatable bonds is 12. The van der Waals surface area contributed by atoms with Gasteiger partial charge in [-0.1, -0.05) is 0 Å². The Bertz CT molecular complexity index is 214. The van der Waals surface area contributed by atoms with Crippen LogP contribution in [0.5, 0.6) is 0 Å². The fourth-order valence-electron chi connectivity index (χ4n) is 3.00. The van der Waals surface area contributed by atoms with Crippen molar-refractivity contribution in [1.29, 1.82) is 0 Å². The first-order chi connectivity index (χ1) is 9.16. The standard InChI is InChI=1S/C5H8Br.3C4H9.Sn/c1-2-3-4-5-6;3*1-3-4-2;/h3H,4-5H2,1H3;3*1,3-4H2,2H3;. The quantitative estimate of drug-likeness (QED) is 0.225. The van der Waals surface area contributed by atoms with Crippen LogP contribution in [0, 0.1) is 0 Å². The van der Waals surface area contributed by atoms with Gasteiger partial charge in [0.15, 0.2) is 0 Å². The van der Waals surface area contributed by atoms with Crippen molar-refractivity contribution in [2.24, 2.45) is 0 Å². The summed E-state index contributed by atoms with van der Waals surface area (Å²) in [5.41, 5.74) is 0. The van der Waals surface area contributed by atoms with Gasteiger partial charge in [-0.05, 0) is 0 Å². The molecule has 0 heterocycles. The van der Waals surface area contributed by atoms with Gasteiger partial charge in [-0.25, -0.2) is 0 Å². The van der Waals surface area contributed by atoms with Gasteiger partial charge in [0, 0.05) is 0 Å². The molecule has 2 heteroatoms. The van der Waals surface area contributed by atoms with Gasteiger partial charge >= 0.3 is 135 Å². The van der Waals surface area contributed by atoms with Crippen LogP contribution < -0.4 is 0 Å². The fourth-order valence-corrected chi connectivity index (χ4v) is 19.2. The Balaban J connectivity index is 4.95. The van der Waals surface area contributed by atoms with E-state index < -0.39 is 18.4 Å². The molecule has 0 saturated heterocycles. The Morgan fingerprint density at radius 1 is 0.895 bits per heavy atom. The van der Waals surface area contributed by atoms with E-state index in [2.05, 4.69) is 49.7 Å². The fraction of sp³-hybridized carbons (Fsp3) is 0.882. The molecular formula is C17H35BrSn. The molecule has 0 fully saturated rings. The van der Waals surface area contributed by atoms with Crippen molar-refractivity contribution in [3.63, 3.8) is 0 Å². The Labute approximate surface area is 134 Å². The number of hydrogen-bond donors (Lipinski definition) is 0. The van der Waals surface area contributed by atoms with E-state index in [0.717, 1.165) is 5.33 Å². The number of allylic oxidation sites excluding steroid dienone is 2. The first-order valence-corrected chi connectivity index (χ1v) is 17.0. The molecule has 19 heavy (non-hydrogen) atoms. The normalized spacial score (nSPS) is 13.0. The summed E-state index contributed by atoms with van der Waals surface area (Å²) in [7, 11) is 0. The zero-order chi connectivity index (χ0) is 14.6. The summed E-state index contributed by atoms with van der Waals surface area (Å²) in [6.07, 6.45) is 12.4. The first kappa shape index (κ1) is 20.0. The van der Waals surface area contributed by atoms with Crippen molar-refractivity contribution in [3.05, 3.63) is 9.67 Å². The molecular weight excluding hydrogens is 403 g/mol. The molecule has 0 rings (SSSR count). The van der Waals surface area contributed by atoms with Crippen LogP contribution in [0.3, 0.4) is 0 Å². The third-order valence-electron chi connectivity index (χ3n) is 4.42. The van der Waals surface area contributed by atoms with Crippen molar-refractivity contribution in [2.45, 2.75) is 86.0 Å². The Hall–Kier alpha value is 1.02. The molecule has 0 bridgehead atoms. The molecule has 0 amide bonds. The first-order valence-electron chi connectivity index (χ1n) is 8.40. The molecule has 0 N–H and O–H groups in total. The summed E-state index contributed by atoms with van der Waals surface area (Å²) in [6.45, 7) is 9.55. The van der Waals surface area contributed by atoms with Crippen molar-refractivity contribution in [1.82, 2.24) is 0 Å². The van der Waals surface area contributed by atoms with E-state index in [-0.39, 0.29) is 0 Å². The number of halogens is 1. The topological polar surface area (TPSA) is 0 Å². The third kappa shape index (κ3) is 8.14. The second kappa shape index (κ2) is 12.7. The predicted molar refractivity (Wildman–Crippen MR) is 97.1 cm³/mol. The van der Waals surface area contributed by atoms with Crippen LogP contribution in [0.4, 0.5) is 0 Å². The van der Waals surface area contributed by atoms with Crippen LogP contribution in [0.2, 0.25) is 13.3 Å². The summed E-state index contributed by atoms with van der Waals surface area (Å²) in [5.74, 6) is 0. The molecule has 0 radical (unpaired) electrons. The van der Waals surface area contributed by atoms with E-state index in [0.29, 0.717) is 0 Å². The van der Waals surface area contributed by atoms with Crippen molar-refractivity contribution >= 4 is 34.3 Å². The van der Waals surface area contributed by atoms with E-state index >= 15 is 0 Å². The van der Waals surface area contributed by atoms with Crippen LogP contribution >= 0.6 is 15.9 Å². The monoisotopic (exact) mass is 438 g/mol. The average molecular weight is 438 g/mol. The Morgan fingerprint density at radius 3 is 1.63 bits per heavy atom. The second-order valence-electron chi connectivity index (χ2n) is 5.96. The summed E-state index contributed by atoms with van der Waals surface area (Å²) in [6, 6.07) is 0. The molecule has 0 saturated carbocycles. The Morgan fingerprint density at radius 2 is 1.32 bits per heavy atom. The van der Waals surface area contributed by atoms with Crippen molar-refractivity contribution in [3.8, 4) is 0 Å². The van der Waals surface area contributed by atoms with Gasteiger partial charge in [-0.3, -0.25) is 0 Å². The van der Waals surface area contributed by atoms with Crippen LogP contribution in [-0.2, 0) is 0 Å². The number of hydrogen-bond acceptors (Lipinski definition) is 0. The van der Waals surface area contributed by atoms with Crippen LogP contribution in [0.15, 0.2) is 9.67 Å². The molecule has 0 unspecified atom stereocenters. The van der Waals surface area contributed by atoms with E-state index in [1.165, 1.54) is 44.9 Å². The molecule has 0 atom stereocenters. The predicted octanol–water partition coefficient (Wildman–Crippen LogP) is 7.11. The molecule has 0 aliphatic heterocycles. The van der Waals surface area contributed by atoms with E-state index in [1.807, 2.05) is 3.59 Å². The summed E-state index contributed by atoms with van der Waals surface area (Å²) in [5, 5.41) is 1.13. The van der Waals surface area contributed by atoms with E-state index in [1.54, 1.807) is 13.3 Å². The molecule has 0 aromatic carbocycles. The second-order valence-corrected chi connectivity index (χ2v) is 20.6. The van der Waals surface area contributed by atoms with Gasteiger partial charge in [-0.2, -0.15) is 0 Å². The molecule has 0 aromatic rings. The molecule has 114 valence electrons. The minimum absolute atomic E-state index is 1.13. The van der Waals surface area contributed by atoms with Gasteiger partial charge in [0.2, 0.25) is 0 Å². The summed E-state index contributed by atoms with van der Waals surface area (Å²) in [4.78, 5) is 0. The van der Waals surface area contributed by atoms with Gasteiger partial charge in [-0.15, -0.1) is 0 Å². The Kier molecular flexibility index (Phi) is 13.4. The van der Waals surface area contributed by atoms with Crippen molar-refractivity contribution < 1.29 is 0 Å².